The van der Waals surface area contributed by atoms with E-state index >= 15 is 0 Å². The summed E-state index contributed by atoms with van der Waals surface area (Å²) in [5.41, 5.74) is 2.03. The number of nitrogens with one attached hydrogen (secondary N) is 1. The van der Waals surface area contributed by atoms with Crippen LogP contribution in [0.15, 0.2) is 24.3 Å². The molecule has 1 N–H and O–H groups in total. The molecule has 112 valence electrons. The highest BCUT2D eigenvalue weighted by Crippen LogP contribution is 2.29. The van der Waals surface area contributed by atoms with Crippen molar-refractivity contribution in [3.63, 3.8) is 0 Å². The fourth-order valence-corrected chi connectivity index (χ4v) is 3.08. The van der Waals surface area contributed by atoms with Crippen LogP contribution in [0.1, 0.15) is 32.4 Å². The zero-order valence-corrected chi connectivity index (χ0v) is 14.9. The van der Waals surface area contributed by atoms with Crippen molar-refractivity contribution in [3.8, 4) is 17.1 Å². The van der Waals surface area contributed by atoms with Crippen LogP contribution in [0.4, 0.5) is 5.82 Å². The first-order valence-corrected chi connectivity index (χ1v) is 8.10. The smallest absolute Gasteiger partial charge is 0.161 e. The van der Waals surface area contributed by atoms with Gasteiger partial charge in [0.05, 0.1) is 16.4 Å². The van der Waals surface area contributed by atoms with E-state index in [1.165, 1.54) is 0 Å². The van der Waals surface area contributed by atoms with E-state index in [1.54, 1.807) is 7.11 Å². The molecule has 0 atom stereocenters. The summed E-state index contributed by atoms with van der Waals surface area (Å²) in [7, 11) is 1.66. The van der Waals surface area contributed by atoms with E-state index in [1.807, 2.05) is 24.3 Å². The van der Waals surface area contributed by atoms with Gasteiger partial charge in [-0.15, -0.1) is 0 Å². The monoisotopic (exact) mass is 397 g/mol. The Kier molecular flexibility index (Phi) is 5.39. The Hall–Kier alpha value is -1.37. The van der Waals surface area contributed by atoms with Gasteiger partial charge in [-0.3, -0.25) is 0 Å². The molecule has 0 amide bonds. The standard InChI is InChI=1S/C16H20IN3O/c1-5-18-16-13(17)14(10(2)3)19-15(20-16)11-7-6-8-12(9-11)21-4/h6-10H,5H2,1-4H3,(H,18,19,20). The summed E-state index contributed by atoms with van der Waals surface area (Å²) in [5, 5.41) is 3.32. The number of benzene rings is 1. The van der Waals surface area contributed by atoms with Crippen LogP contribution >= 0.6 is 22.6 Å². The highest BCUT2D eigenvalue weighted by Gasteiger charge is 2.15. The summed E-state index contributed by atoms with van der Waals surface area (Å²) in [6.45, 7) is 7.20. The van der Waals surface area contributed by atoms with Gasteiger partial charge in [-0.25, -0.2) is 9.97 Å². The minimum atomic E-state index is 0.349. The van der Waals surface area contributed by atoms with Crippen LogP contribution in [0.25, 0.3) is 11.4 Å². The molecular weight excluding hydrogens is 377 g/mol. The number of nitrogens with zero attached hydrogens (tertiary/aromatic N) is 2. The number of methoxy groups -OCH3 is 1. The van der Waals surface area contributed by atoms with Gasteiger partial charge in [0, 0.05) is 12.1 Å². The van der Waals surface area contributed by atoms with E-state index in [-0.39, 0.29) is 0 Å². The predicted octanol–water partition coefficient (Wildman–Crippen LogP) is 4.31. The summed E-state index contributed by atoms with van der Waals surface area (Å²) in [6.07, 6.45) is 0. The number of hydrogen-bond donors (Lipinski definition) is 1. The number of rotatable bonds is 5. The SMILES string of the molecule is CCNc1nc(-c2cccc(OC)c2)nc(C(C)C)c1I. The van der Waals surface area contributed by atoms with Crippen LogP contribution < -0.4 is 10.1 Å². The zero-order chi connectivity index (χ0) is 15.4. The number of aromatic nitrogens is 2. The summed E-state index contributed by atoms with van der Waals surface area (Å²) >= 11 is 2.32. The molecule has 0 aliphatic rings. The lowest BCUT2D eigenvalue weighted by molar-refractivity contribution is 0.415. The lowest BCUT2D eigenvalue weighted by Gasteiger charge is -2.14. The van der Waals surface area contributed by atoms with Gasteiger partial charge < -0.3 is 10.1 Å². The molecule has 0 spiro atoms. The van der Waals surface area contributed by atoms with E-state index in [9.17, 15) is 0 Å². The average Bonchev–Trinajstić information content (AvgIpc) is 2.49. The highest BCUT2D eigenvalue weighted by molar-refractivity contribution is 14.1. The van der Waals surface area contributed by atoms with Crippen molar-refractivity contribution in [2.45, 2.75) is 26.7 Å². The second-order valence-corrected chi connectivity index (χ2v) is 6.09. The normalized spacial score (nSPS) is 10.8. The first kappa shape index (κ1) is 16.0. The summed E-state index contributed by atoms with van der Waals surface area (Å²) in [5.74, 6) is 2.79. The third-order valence-electron chi connectivity index (χ3n) is 3.10. The van der Waals surface area contributed by atoms with Crippen molar-refractivity contribution in [1.29, 1.82) is 0 Å². The van der Waals surface area contributed by atoms with E-state index < -0.39 is 0 Å². The largest absolute Gasteiger partial charge is 0.497 e. The minimum absolute atomic E-state index is 0.349. The zero-order valence-electron chi connectivity index (χ0n) is 12.8. The molecule has 0 radical (unpaired) electrons. The maximum absolute atomic E-state index is 5.28. The molecule has 2 aromatic rings. The number of anilines is 1. The Balaban J connectivity index is 2.56. The van der Waals surface area contributed by atoms with Crippen molar-refractivity contribution < 1.29 is 4.74 Å². The maximum Gasteiger partial charge on any atom is 0.161 e. The molecule has 1 heterocycles. The third-order valence-corrected chi connectivity index (χ3v) is 4.16. The van der Waals surface area contributed by atoms with Gasteiger partial charge in [0.25, 0.3) is 0 Å². The fraction of sp³-hybridized carbons (Fsp3) is 0.375. The molecule has 1 aromatic carbocycles. The predicted molar refractivity (Wildman–Crippen MR) is 95.0 cm³/mol. The molecule has 1 aromatic heterocycles. The molecular formula is C16H20IN3O. The Morgan fingerprint density at radius 2 is 2.05 bits per heavy atom. The number of halogens is 1. The quantitative estimate of drug-likeness (QED) is 0.764. The molecule has 0 saturated carbocycles. The van der Waals surface area contributed by atoms with Crippen molar-refractivity contribution in [2.75, 3.05) is 19.0 Å². The lowest BCUT2D eigenvalue weighted by Crippen LogP contribution is -2.09. The van der Waals surface area contributed by atoms with Crippen LogP contribution in [0, 0.1) is 3.57 Å². The van der Waals surface area contributed by atoms with Gasteiger partial charge in [0.15, 0.2) is 5.82 Å². The van der Waals surface area contributed by atoms with Crippen LogP contribution in [0.5, 0.6) is 5.75 Å². The minimum Gasteiger partial charge on any atom is -0.497 e. The number of ether oxygens (including phenoxy) is 1. The molecule has 0 bridgehead atoms. The van der Waals surface area contributed by atoms with Gasteiger partial charge in [0.1, 0.15) is 11.6 Å². The first-order chi connectivity index (χ1) is 10.1. The summed E-state index contributed by atoms with van der Waals surface area (Å²) < 4.78 is 6.38. The van der Waals surface area contributed by atoms with Crippen molar-refractivity contribution in [2.24, 2.45) is 0 Å². The van der Waals surface area contributed by atoms with Gasteiger partial charge in [-0.2, -0.15) is 0 Å². The molecule has 0 unspecified atom stereocenters. The molecule has 2 rings (SSSR count). The van der Waals surface area contributed by atoms with Gasteiger partial charge in [-0.05, 0) is 47.6 Å². The van der Waals surface area contributed by atoms with E-state index in [2.05, 4.69) is 53.7 Å². The average molecular weight is 397 g/mol. The molecule has 0 fully saturated rings. The summed E-state index contributed by atoms with van der Waals surface area (Å²) in [4.78, 5) is 9.41. The second kappa shape index (κ2) is 7.06. The van der Waals surface area contributed by atoms with Gasteiger partial charge in [0.2, 0.25) is 0 Å². The molecule has 4 nitrogen and oxygen atoms in total. The summed E-state index contributed by atoms with van der Waals surface area (Å²) in [6, 6.07) is 7.84. The maximum atomic E-state index is 5.28. The first-order valence-electron chi connectivity index (χ1n) is 7.02. The van der Waals surface area contributed by atoms with Crippen molar-refractivity contribution in [1.82, 2.24) is 9.97 Å². The van der Waals surface area contributed by atoms with Gasteiger partial charge >= 0.3 is 0 Å². The van der Waals surface area contributed by atoms with Gasteiger partial charge in [-0.1, -0.05) is 26.0 Å². The second-order valence-electron chi connectivity index (χ2n) is 5.01. The third kappa shape index (κ3) is 3.64. The van der Waals surface area contributed by atoms with Crippen LogP contribution in [0.2, 0.25) is 0 Å². The van der Waals surface area contributed by atoms with Crippen LogP contribution in [-0.2, 0) is 0 Å². The van der Waals surface area contributed by atoms with E-state index in [0.29, 0.717) is 5.92 Å². The van der Waals surface area contributed by atoms with E-state index in [0.717, 1.165) is 38.8 Å². The Labute approximate surface area is 139 Å². The Morgan fingerprint density at radius 3 is 2.67 bits per heavy atom. The Morgan fingerprint density at radius 1 is 1.29 bits per heavy atom. The van der Waals surface area contributed by atoms with Crippen molar-refractivity contribution >= 4 is 28.4 Å². The fourth-order valence-electron chi connectivity index (χ4n) is 2.02. The number of hydrogen-bond acceptors (Lipinski definition) is 4. The van der Waals surface area contributed by atoms with E-state index in [4.69, 9.17) is 9.72 Å². The van der Waals surface area contributed by atoms with Crippen LogP contribution in [-0.4, -0.2) is 23.6 Å². The molecule has 0 aliphatic heterocycles. The molecule has 5 heteroatoms. The molecule has 21 heavy (non-hydrogen) atoms. The Bertz CT molecular complexity index is 629. The van der Waals surface area contributed by atoms with Crippen LogP contribution in [0.3, 0.4) is 0 Å². The topological polar surface area (TPSA) is 47.0 Å². The molecule has 0 aliphatic carbocycles. The van der Waals surface area contributed by atoms with Crippen molar-refractivity contribution in [3.05, 3.63) is 33.5 Å². The molecule has 0 saturated heterocycles. The highest BCUT2D eigenvalue weighted by atomic mass is 127. The lowest BCUT2D eigenvalue weighted by atomic mass is 10.1.